The number of hydrogen-bond acceptors (Lipinski definition) is 5. The van der Waals surface area contributed by atoms with Gasteiger partial charge in [-0.3, -0.25) is 0 Å². The van der Waals surface area contributed by atoms with E-state index in [1.165, 1.54) is 20.2 Å². The van der Waals surface area contributed by atoms with Crippen LogP contribution in [0.15, 0.2) is 36.4 Å². The van der Waals surface area contributed by atoms with Crippen LogP contribution in [0, 0.1) is 5.41 Å². The van der Waals surface area contributed by atoms with E-state index in [4.69, 9.17) is 4.74 Å². The van der Waals surface area contributed by atoms with Gasteiger partial charge in [-0.1, -0.05) is 31.9 Å². The van der Waals surface area contributed by atoms with Gasteiger partial charge in [0.15, 0.2) is 0 Å². The van der Waals surface area contributed by atoms with Crippen LogP contribution in [0.2, 0.25) is 0 Å². The van der Waals surface area contributed by atoms with Crippen LogP contribution in [0.3, 0.4) is 0 Å². The van der Waals surface area contributed by atoms with Crippen molar-refractivity contribution in [1.82, 2.24) is 20.2 Å². The van der Waals surface area contributed by atoms with E-state index in [2.05, 4.69) is 15.4 Å². The summed E-state index contributed by atoms with van der Waals surface area (Å²) in [4.78, 5) is 2.15. The molecule has 3 aromatic rings. The fourth-order valence-corrected chi connectivity index (χ4v) is 4.26. The van der Waals surface area contributed by atoms with E-state index in [0.29, 0.717) is 17.7 Å². The van der Waals surface area contributed by atoms with Crippen molar-refractivity contribution >= 4 is 5.95 Å². The number of tetrazole rings is 1. The lowest BCUT2D eigenvalue weighted by atomic mass is 9.82. The van der Waals surface area contributed by atoms with Gasteiger partial charge in [-0.25, -0.2) is 0 Å². The molecule has 0 amide bonds. The second kappa shape index (κ2) is 10.9. The Balaban J connectivity index is 2.18. The van der Waals surface area contributed by atoms with Crippen LogP contribution in [-0.2, 0) is 43.4 Å². The van der Waals surface area contributed by atoms with E-state index in [1.54, 1.807) is 20.8 Å². The molecule has 0 aliphatic carbocycles. The van der Waals surface area contributed by atoms with Gasteiger partial charge in [0.25, 0.3) is 5.95 Å². The largest absolute Gasteiger partial charge is 0.416 e. The molecule has 1 aromatic heterocycles. The number of anilines is 1. The SMILES string of the molecule is COC(c1ccc(C(F)(F)F)cc1CN(Cc1cc(C(F)(F)F)cc(C(F)(F)F)c1)c1nnn(C)n1)C(C)(C)C. The van der Waals surface area contributed by atoms with E-state index in [0.717, 1.165) is 21.8 Å². The summed E-state index contributed by atoms with van der Waals surface area (Å²) >= 11 is 0. The number of aromatic nitrogens is 4. The molecule has 0 aliphatic rings. The van der Waals surface area contributed by atoms with Gasteiger partial charge in [-0.05, 0) is 57.7 Å². The number of nitrogens with zero attached hydrogens (tertiary/aromatic N) is 5. The zero-order valence-corrected chi connectivity index (χ0v) is 22.0. The molecule has 0 fully saturated rings. The molecule has 0 spiro atoms. The Labute approximate surface area is 223 Å². The fraction of sp³-hybridized carbons (Fsp3) is 0.480. The number of ether oxygens (including phenoxy) is 1. The summed E-state index contributed by atoms with van der Waals surface area (Å²) in [6, 6.07) is 4.06. The summed E-state index contributed by atoms with van der Waals surface area (Å²) in [5.74, 6) is -0.221. The van der Waals surface area contributed by atoms with E-state index < -0.39 is 65.4 Å². The zero-order valence-electron chi connectivity index (χ0n) is 22.0. The Morgan fingerprint density at radius 2 is 1.35 bits per heavy atom. The van der Waals surface area contributed by atoms with Crippen LogP contribution >= 0.6 is 0 Å². The van der Waals surface area contributed by atoms with E-state index in [1.807, 2.05) is 0 Å². The monoisotopic (exact) mass is 583 g/mol. The van der Waals surface area contributed by atoms with Crippen molar-refractivity contribution in [2.75, 3.05) is 12.0 Å². The summed E-state index contributed by atoms with van der Waals surface area (Å²) < 4.78 is 127. The van der Waals surface area contributed by atoms with E-state index in [-0.39, 0.29) is 17.6 Å². The van der Waals surface area contributed by atoms with Gasteiger partial charge in [-0.2, -0.15) is 44.3 Å². The number of rotatable bonds is 7. The molecule has 1 atom stereocenters. The van der Waals surface area contributed by atoms with Crippen LogP contribution < -0.4 is 4.90 Å². The van der Waals surface area contributed by atoms with Crippen LogP contribution in [0.4, 0.5) is 45.5 Å². The number of methoxy groups -OCH3 is 1. The van der Waals surface area contributed by atoms with Crippen LogP contribution in [0.1, 0.15) is 60.3 Å². The van der Waals surface area contributed by atoms with Crippen LogP contribution in [0.5, 0.6) is 0 Å². The normalized spacial score (nSPS) is 13.9. The van der Waals surface area contributed by atoms with Gasteiger partial charge in [-0.15, -0.1) is 5.10 Å². The molecule has 2 aromatic carbocycles. The van der Waals surface area contributed by atoms with Gasteiger partial charge in [0.1, 0.15) is 0 Å². The molecule has 40 heavy (non-hydrogen) atoms. The minimum atomic E-state index is -5.09. The quantitative estimate of drug-likeness (QED) is 0.275. The van der Waals surface area contributed by atoms with Gasteiger partial charge >= 0.3 is 18.5 Å². The zero-order chi connectivity index (χ0) is 30.3. The lowest BCUT2D eigenvalue weighted by Gasteiger charge is -2.33. The molecule has 0 bridgehead atoms. The summed E-state index contributed by atoms with van der Waals surface area (Å²) in [5, 5.41) is 11.4. The molecule has 1 heterocycles. The van der Waals surface area contributed by atoms with E-state index >= 15 is 0 Å². The highest BCUT2D eigenvalue weighted by Gasteiger charge is 2.38. The third-order valence-electron chi connectivity index (χ3n) is 5.94. The summed E-state index contributed by atoms with van der Waals surface area (Å²) in [6.45, 7) is 4.36. The van der Waals surface area contributed by atoms with Crippen molar-refractivity contribution in [2.24, 2.45) is 12.5 Å². The van der Waals surface area contributed by atoms with Gasteiger partial charge in [0, 0.05) is 20.2 Å². The molecular formula is C25H26F9N5O. The summed E-state index contributed by atoms with van der Waals surface area (Å²) in [5.41, 5.74) is -4.67. The van der Waals surface area contributed by atoms with Crippen molar-refractivity contribution in [2.45, 2.75) is 58.5 Å². The third kappa shape index (κ3) is 7.43. The number of aryl methyl sites for hydroxylation is 1. The lowest BCUT2D eigenvalue weighted by Crippen LogP contribution is -2.27. The predicted molar refractivity (Wildman–Crippen MR) is 126 cm³/mol. The Bertz CT molecular complexity index is 1290. The summed E-state index contributed by atoms with van der Waals surface area (Å²) in [7, 11) is 2.75. The van der Waals surface area contributed by atoms with Gasteiger partial charge < -0.3 is 9.64 Å². The molecule has 1 unspecified atom stereocenters. The molecule has 15 heteroatoms. The Hall–Kier alpha value is -3.36. The van der Waals surface area contributed by atoms with Crippen molar-refractivity contribution in [3.05, 3.63) is 69.8 Å². The molecule has 0 aliphatic heterocycles. The third-order valence-corrected chi connectivity index (χ3v) is 5.94. The maximum atomic E-state index is 13.6. The Kier molecular flexibility index (Phi) is 8.49. The maximum Gasteiger partial charge on any atom is 0.416 e. The van der Waals surface area contributed by atoms with Crippen molar-refractivity contribution in [1.29, 1.82) is 0 Å². The smallest absolute Gasteiger partial charge is 0.376 e. The first kappa shape index (κ1) is 31.2. The topological polar surface area (TPSA) is 56.1 Å². The van der Waals surface area contributed by atoms with Gasteiger partial charge in [0.05, 0.1) is 29.8 Å². The highest BCUT2D eigenvalue weighted by atomic mass is 19.4. The van der Waals surface area contributed by atoms with Crippen LogP contribution in [0.25, 0.3) is 0 Å². The molecular weight excluding hydrogens is 557 g/mol. The predicted octanol–water partition coefficient (Wildman–Crippen LogP) is 7.21. The molecule has 0 saturated carbocycles. The Morgan fingerprint density at radius 1 is 0.800 bits per heavy atom. The van der Waals surface area contributed by atoms with Crippen molar-refractivity contribution in [3.8, 4) is 0 Å². The highest BCUT2D eigenvalue weighted by Crippen LogP contribution is 2.41. The van der Waals surface area contributed by atoms with Crippen molar-refractivity contribution < 1.29 is 44.3 Å². The van der Waals surface area contributed by atoms with Crippen molar-refractivity contribution in [3.63, 3.8) is 0 Å². The first-order valence-corrected chi connectivity index (χ1v) is 11.7. The van der Waals surface area contributed by atoms with Crippen LogP contribution in [-0.4, -0.2) is 27.3 Å². The fourth-order valence-electron chi connectivity index (χ4n) is 4.26. The Morgan fingerprint density at radius 3 is 1.77 bits per heavy atom. The average Bonchev–Trinajstić information content (AvgIpc) is 3.23. The average molecular weight is 583 g/mol. The number of hydrogen-bond donors (Lipinski definition) is 0. The highest BCUT2D eigenvalue weighted by molar-refractivity contribution is 5.42. The molecule has 0 saturated heterocycles. The first-order chi connectivity index (χ1) is 18.2. The van der Waals surface area contributed by atoms with Gasteiger partial charge in [0.2, 0.25) is 0 Å². The number of benzene rings is 2. The molecule has 0 radical (unpaired) electrons. The molecule has 0 N–H and O–H groups in total. The summed E-state index contributed by atoms with van der Waals surface area (Å²) in [6.07, 6.45) is -15.6. The number of alkyl halides is 9. The standard InChI is InChI=1S/C25H26F9N5O/c1-22(2,3)20(40-5)19-7-6-16(23(26,27)28)10-15(19)13-39(21-35-37-38(4)36-21)12-14-8-17(24(29,30)31)11-18(9-14)25(32,33)34/h6-11,20H,12-13H2,1-5H3. The minimum Gasteiger partial charge on any atom is -0.376 e. The molecule has 220 valence electrons. The lowest BCUT2D eigenvalue weighted by molar-refractivity contribution is -0.143. The first-order valence-electron chi connectivity index (χ1n) is 11.7. The second-order valence-electron chi connectivity index (χ2n) is 10.2. The number of halogens is 9. The molecule has 3 rings (SSSR count). The molecule has 6 nitrogen and oxygen atoms in total. The minimum absolute atomic E-state index is 0.00810. The van der Waals surface area contributed by atoms with E-state index in [9.17, 15) is 39.5 Å². The maximum absolute atomic E-state index is 13.6. The second-order valence-corrected chi connectivity index (χ2v) is 10.2.